The summed E-state index contributed by atoms with van der Waals surface area (Å²) >= 11 is 6.35. The molecule has 1 aromatic heterocycles. The molecular weight excluding hydrogens is 570 g/mol. The Morgan fingerprint density at radius 3 is 2.16 bits per heavy atom. The number of hydrogen-bond acceptors (Lipinski definition) is 3. The fourth-order valence-electron chi connectivity index (χ4n) is 11.2. The van der Waals surface area contributed by atoms with Gasteiger partial charge in [0.05, 0.1) is 0 Å². The van der Waals surface area contributed by atoms with Gasteiger partial charge in [-0.15, -0.1) is 0 Å². The molecule has 4 aliphatic carbocycles. The normalized spacial score (nSPS) is 34.3. The van der Waals surface area contributed by atoms with Crippen LogP contribution in [0, 0.1) is 46.3 Å². The van der Waals surface area contributed by atoms with Gasteiger partial charge in [-0.2, -0.15) is 9.97 Å². The van der Waals surface area contributed by atoms with E-state index in [9.17, 15) is 0 Å². The Bertz CT molecular complexity index is 1450. The Morgan fingerprint density at radius 2 is 1.42 bits per heavy atom. The van der Waals surface area contributed by atoms with Crippen molar-refractivity contribution in [3.05, 3.63) is 65.4 Å². The van der Waals surface area contributed by atoms with Crippen molar-refractivity contribution in [3.8, 4) is 22.8 Å². The second-order valence-corrected chi connectivity index (χ2v) is 16.7. The molecule has 0 radical (unpaired) electrons. The first kappa shape index (κ1) is 31.3. The molecule has 240 valence electrons. The quantitative estimate of drug-likeness (QED) is 0.234. The molecule has 8 atom stereocenters. The maximum absolute atomic E-state index is 6.35. The third kappa shape index (κ3) is 6.01. The smallest absolute Gasteiger partial charge is 0.208 e. The van der Waals surface area contributed by atoms with Crippen molar-refractivity contribution in [1.29, 1.82) is 0 Å². The molecule has 3 aromatic rings. The van der Waals surface area contributed by atoms with Gasteiger partial charge in [0.25, 0.3) is 0 Å². The van der Waals surface area contributed by atoms with Crippen LogP contribution in [0.2, 0.25) is 5.28 Å². The van der Waals surface area contributed by atoms with Crippen LogP contribution in [0.15, 0.2) is 54.6 Å². The Hall–Kier alpha value is -2.26. The highest BCUT2D eigenvalue weighted by molar-refractivity contribution is 6.28. The summed E-state index contributed by atoms with van der Waals surface area (Å²) in [4.78, 5) is 13.6. The largest absolute Gasteiger partial charge is 0.226 e. The lowest BCUT2D eigenvalue weighted by atomic mass is 9.44. The van der Waals surface area contributed by atoms with Crippen LogP contribution in [0.3, 0.4) is 0 Å². The van der Waals surface area contributed by atoms with Crippen LogP contribution in [0.5, 0.6) is 0 Å². The minimum Gasteiger partial charge on any atom is -0.208 e. The summed E-state index contributed by atoms with van der Waals surface area (Å²) in [6.45, 7) is 10.2. The number of rotatable bonds is 8. The molecule has 0 spiro atoms. The SMILES string of the molecule is CC(C)CCCCC1CCC2C3CCC4CC(c5ccc(-c6nc(Cl)nc(-c7ccccc7)n6)cc5)CCC4(C)C3CCC12C. The summed E-state index contributed by atoms with van der Waals surface area (Å²) in [5, 5.41) is 0.239. The average Bonchev–Trinajstić information content (AvgIpc) is 3.39. The molecule has 1 heterocycles. The summed E-state index contributed by atoms with van der Waals surface area (Å²) in [5.41, 5.74) is 4.59. The van der Waals surface area contributed by atoms with Crippen molar-refractivity contribution >= 4 is 11.6 Å². The minimum atomic E-state index is 0.239. The molecule has 45 heavy (non-hydrogen) atoms. The first-order valence-corrected chi connectivity index (χ1v) is 18.7. The zero-order valence-corrected chi connectivity index (χ0v) is 28.9. The van der Waals surface area contributed by atoms with E-state index in [0.29, 0.717) is 28.4 Å². The number of unbranched alkanes of at least 4 members (excludes halogenated alkanes) is 1. The molecule has 3 nitrogen and oxygen atoms in total. The van der Waals surface area contributed by atoms with Crippen LogP contribution in [0.1, 0.15) is 123 Å². The van der Waals surface area contributed by atoms with Crippen LogP contribution in [0.25, 0.3) is 22.8 Å². The van der Waals surface area contributed by atoms with E-state index in [4.69, 9.17) is 16.6 Å². The van der Waals surface area contributed by atoms with Gasteiger partial charge in [-0.3, -0.25) is 0 Å². The number of nitrogens with zero attached hydrogens (tertiary/aromatic N) is 3. The highest BCUT2D eigenvalue weighted by atomic mass is 35.5. The molecule has 0 bridgehead atoms. The summed E-state index contributed by atoms with van der Waals surface area (Å²) in [5.74, 6) is 7.54. The minimum absolute atomic E-state index is 0.239. The summed E-state index contributed by atoms with van der Waals surface area (Å²) < 4.78 is 0. The molecule has 7 rings (SSSR count). The monoisotopic (exact) mass is 623 g/mol. The van der Waals surface area contributed by atoms with Crippen molar-refractivity contribution in [1.82, 2.24) is 15.0 Å². The molecule has 2 aromatic carbocycles. The molecule has 4 saturated carbocycles. The number of hydrogen-bond donors (Lipinski definition) is 0. The van der Waals surface area contributed by atoms with E-state index in [-0.39, 0.29) is 5.28 Å². The summed E-state index contributed by atoms with van der Waals surface area (Å²) in [6.07, 6.45) is 18.8. The number of halogens is 1. The van der Waals surface area contributed by atoms with Crippen molar-refractivity contribution in [2.24, 2.45) is 46.3 Å². The van der Waals surface area contributed by atoms with E-state index in [1.807, 2.05) is 30.3 Å². The van der Waals surface area contributed by atoms with Gasteiger partial charge in [0.15, 0.2) is 11.6 Å². The zero-order chi connectivity index (χ0) is 31.2. The van der Waals surface area contributed by atoms with Crippen LogP contribution >= 0.6 is 11.6 Å². The molecule has 4 fully saturated rings. The molecule has 0 aliphatic heterocycles. The molecule has 0 N–H and O–H groups in total. The molecule has 0 saturated heterocycles. The zero-order valence-electron chi connectivity index (χ0n) is 28.1. The van der Waals surface area contributed by atoms with Crippen LogP contribution in [-0.4, -0.2) is 15.0 Å². The fourth-order valence-corrected chi connectivity index (χ4v) is 11.3. The summed E-state index contributed by atoms with van der Waals surface area (Å²) in [6, 6.07) is 19.1. The lowest BCUT2D eigenvalue weighted by Gasteiger charge is -2.61. The van der Waals surface area contributed by atoms with E-state index in [1.165, 1.54) is 89.0 Å². The van der Waals surface area contributed by atoms with E-state index in [2.05, 4.69) is 61.9 Å². The first-order valence-electron chi connectivity index (χ1n) is 18.3. The Labute approximate surface area is 277 Å². The van der Waals surface area contributed by atoms with Gasteiger partial charge in [-0.05, 0) is 134 Å². The highest BCUT2D eigenvalue weighted by Gasteiger charge is 2.59. The Balaban J connectivity index is 1.01. The van der Waals surface area contributed by atoms with Gasteiger partial charge in [0, 0.05) is 11.1 Å². The van der Waals surface area contributed by atoms with Crippen molar-refractivity contribution < 1.29 is 0 Å². The van der Waals surface area contributed by atoms with E-state index in [1.54, 1.807) is 0 Å². The van der Waals surface area contributed by atoms with Crippen molar-refractivity contribution in [3.63, 3.8) is 0 Å². The first-order chi connectivity index (χ1) is 21.7. The van der Waals surface area contributed by atoms with E-state index >= 15 is 0 Å². The molecule has 0 amide bonds. The third-order valence-electron chi connectivity index (χ3n) is 13.7. The number of aromatic nitrogens is 3. The Kier molecular flexibility index (Phi) is 8.87. The topological polar surface area (TPSA) is 38.7 Å². The number of fused-ring (bicyclic) bond motifs is 5. The molecule has 8 unspecified atom stereocenters. The maximum Gasteiger partial charge on any atom is 0.226 e. The predicted molar refractivity (Wildman–Crippen MR) is 187 cm³/mol. The lowest BCUT2D eigenvalue weighted by Crippen LogP contribution is -2.53. The average molecular weight is 624 g/mol. The highest BCUT2D eigenvalue weighted by Crippen LogP contribution is 2.68. The second-order valence-electron chi connectivity index (χ2n) is 16.4. The van der Waals surface area contributed by atoms with Gasteiger partial charge in [-0.1, -0.05) is 102 Å². The molecule has 4 heteroatoms. The van der Waals surface area contributed by atoms with Gasteiger partial charge >= 0.3 is 0 Å². The summed E-state index contributed by atoms with van der Waals surface area (Å²) in [7, 11) is 0. The van der Waals surface area contributed by atoms with E-state index < -0.39 is 0 Å². The van der Waals surface area contributed by atoms with Crippen LogP contribution in [-0.2, 0) is 0 Å². The third-order valence-corrected chi connectivity index (χ3v) is 13.9. The van der Waals surface area contributed by atoms with Gasteiger partial charge < -0.3 is 0 Å². The van der Waals surface area contributed by atoms with E-state index in [0.717, 1.165) is 46.6 Å². The van der Waals surface area contributed by atoms with Gasteiger partial charge in [-0.25, -0.2) is 4.98 Å². The van der Waals surface area contributed by atoms with Crippen molar-refractivity contribution in [2.75, 3.05) is 0 Å². The Morgan fingerprint density at radius 1 is 0.733 bits per heavy atom. The number of benzene rings is 2. The standard InChI is InChI=1S/C41H54ClN3/c1-27(2)10-8-9-13-32-19-21-35-34-20-18-33-26-31(22-24-41(33,4)36(34)23-25-40(32,35)3)28-14-16-30(17-15-28)38-43-37(44-39(42)45-38)29-11-6-5-7-12-29/h5-7,11-12,14-17,27,31-36H,8-10,13,18-26H2,1-4H3. The fraction of sp³-hybridized carbons (Fsp3) is 0.634. The lowest BCUT2D eigenvalue weighted by molar-refractivity contribution is -0.114. The van der Waals surface area contributed by atoms with Crippen LogP contribution in [0.4, 0.5) is 0 Å². The van der Waals surface area contributed by atoms with Crippen LogP contribution < -0.4 is 0 Å². The molecular formula is C41H54ClN3. The predicted octanol–water partition coefficient (Wildman–Crippen LogP) is 11.8. The second kappa shape index (κ2) is 12.7. The van der Waals surface area contributed by atoms with Gasteiger partial charge in [0.2, 0.25) is 5.28 Å². The molecule has 4 aliphatic rings. The van der Waals surface area contributed by atoms with Crippen molar-refractivity contribution in [2.45, 2.75) is 117 Å². The maximum atomic E-state index is 6.35. The van der Waals surface area contributed by atoms with Gasteiger partial charge in [0.1, 0.15) is 0 Å².